The molecule has 2 aromatic rings. The van der Waals surface area contributed by atoms with Crippen LogP contribution in [0.5, 0.6) is 0 Å². The van der Waals surface area contributed by atoms with Gasteiger partial charge in [0.15, 0.2) is 0 Å². The van der Waals surface area contributed by atoms with E-state index in [1.807, 2.05) is 18.2 Å². The Balaban J connectivity index is 1.84. The summed E-state index contributed by atoms with van der Waals surface area (Å²) >= 11 is 0. The summed E-state index contributed by atoms with van der Waals surface area (Å²) in [6.45, 7) is 5.91. The highest BCUT2D eigenvalue weighted by Gasteiger charge is 2.12. The Labute approximate surface area is 165 Å². The van der Waals surface area contributed by atoms with Gasteiger partial charge in [-0.1, -0.05) is 36.4 Å². The molecule has 0 heterocycles. The molecule has 0 unspecified atom stereocenters. The molecule has 1 amide bonds. The van der Waals surface area contributed by atoms with E-state index in [0.717, 1.165) is 12.1 Å². The molecule has 0 fully saturated rings. The molecule has 150 valence electrons. The number of carbonyl (C=O) groups excluding carboxylic acids is 1. The van der Waals surface area contributed by atoms with Crippen LogP contribution in [0.25, 0.3) is 0 Å². The minimum atomic E-state index is -0.437. The van der Waals surface area contributed by atoms with Gasteiger partial charge < -0.3 is 10.6 Å². The zero-order valence-corrected chi connectivity index (χ0v) is 16.6. The Kier molecular flexibility index (Phi) is 7.95. The fourth-order valence-electron chi connectivity index (χ4n) is 2.71. The Morgan fingerprint density at radius 2 is 1.75 bits per heavy atom. The number of carbonyl (C=O) groups is 1. The Bertz CT molecular complexity index is 808. The molecule has 0 aliphatic rings. The summed E-state index contributed by atoms with van der Waals surface area (Å²) < 4.78 is 0. The van der Waals surface area contributed by atoms with Gasteiger partial charge in [0.1, 0.15) is 5.69 Å². The monoisotopic (exact) mass is 384 g/mol. The Hall–Kier alpha value is -2.93. The minimum Gasteiger partial charge on any atom is -0.379 e. The second-order valence-electron chi connectivity index (χ2n) is 7.01. The second kappa shape index (κ2) is 10.4. The normalized spacial score (nSPS) is 10.9. The molecule has 0 saturated heterocycles. The van der Waals surface area contributed by atoms with E-state index in [4.69, 9.17) is 0 Å². The molecule has 0 spiro atoms. The molecule has 0 radical (unpaired) electrons. The maximum atomic E-state index is 12.2. The van der Waals surface area contributed by atoms with Crippen LogP contribution in [-0.2, 0) is 17.9 Å². The predicted octanol–water partition coefficient (Wildman–Crippen LogP) is 3.55. The number of nitrogens with one attached hydrogen (secondary N) is 2. The highest BCUT2D eigenvalue weighted by molar-refractivity contribution is 5.76. The van der Waals surface area contributed by atoms with Gasteiger partial charge in [-0.15, -0.1) is 0 Å². The molecule has 7 nitrogen and oxygen atoms in total. The van der Waals surface area contributed by atoms with E-state index in [-0.39, 0.29) is 18.0 Å². The molecule has 7 heteroatoms. The second-order valence-corrected chi connectivity index (χ2v) is 7.01. The van der Waals surface area contributed by atoms with Crippen LogP contribution in [0.1, 0.15) is 31.4 Å². The smallest absolute Gasteiger partial charge is 0.292 e. The van der Waals surface area contributed by atoms with Crippen molar-refractivity contribution in [1.29, 1.82) is 0 Å². The number of hydrogen-bond donors (Lipinski definition) is 2. The van der Waals surface area contributed by atoms with Crippen molar-refractivity contribution in [1.82, 2.24) is 10.2 Å². The minimum absolute atomic E-state index is 0.00566. The van der Waals surface area contributed by atoms with Gasteiger partial charge in [-0.3, -0.25) is 19.8 Å². The SMILES string of the molecule is CC(C)N(C)Cc1ccccc1CNC(=O)CCNc1ccccc1[N+](=O)[O-]. The van der Waals surface area contributed by atoms with Gasteiger partial charge in [0, 0.05) is 38.2 Å². The van der Waals surface area contributed by atoms with E-state index in [1.165, 1.54) is 11.6 Å². The van der Waals surface area contributed by atoms with E-state index in [2.05, 4.69) is 42.5 Å². The molecular formula is C21H28N4O3. The topological polar surface area (TPSA) is 87.5 Å². The molecule has 2 aromatic carbocycles. The lowest BCUT2D eigenvalue weighted by atomic mass is 10.1. The van der Waals surface area contributed by atoms with Crippen molar-refractivity contribution in [2.45, 2.75) is 39.4 Å². The zero-order valence-electron chi connectivity index (χ0n) is 16.6. The number of nitro benzene ring substituents is 1. The van der Waals surface area contributed by atoms with Crippen LogP contribution < -0.4 is 10.6 Å². The summed E-state index contributed by atoms with van der Waals surface area (Å²) in [5.41, 5.74) is 2.71. The van der Waals surface area contributed by atoms with Crippen molar-refractivity contribution in [2.75, 3.05) is 18.9 Å². The number of para-hydroxylation sites is 2. The van der Waals surface area contributed by atoms with Crippen LogP contribution in [-0.4, -0.2) is 35.4 Å². The first kappa shape index (κ1) is 21.4. The fourth-order valence-corrected chi connectivity index (χ4v) is 2.71. The third-order valence-corrected chi connectivity index (χ3v) is 4.66. The lowest BCUT2D eigenvalue weighted by Crippen LogP contribution is -2.28. The molecule has 0 atom stereocenters. The summed E-state index contributed by atoms with van der Waals surface area (Å²) in [7, 11) is 2.08. The van der Waals surface area contributed by atoms with Crippen LogP contribution in [0.3, 0.4) is 0 Å². The van der Waals surface area contributed by atoms with E-state index in [9.17, 15) is 14.9 Å². The van der Waals surface area contributed by atoms with Crippen molar-refractivity contribution in [2.24, 2.45) is 0 Å². The van der Waals surface area contributed by atoms with Crippen LogP contribution in [0.15, 0.2) is 48.5 Å². The van der Waals surface area contributed by atoms with Crippen molar-refractivity contribution in [3.05, 3.63) is 69.8 Å². The number of benzene rings is 2. The van der Waals surface area contributed by atoms with Crippen molar-refractivity contribution >= 4 is 17.3 Å². The number of nitro groups is 1. The van der Waals surface area contributed by atoms with Crippen LogP contribution in [0, 0.1) is 10.1 Å². The van der Waals surface area contributed by atoms with E-state index in [0.29, 0.717) is 24.8 Å². The summed E-state index contributed by atoms with van der Waals surface area (Å²) in [5.74, 6) is -0.0990. The Morgan fingerprint density at radius 3 is 2.43 bits per heavy atom. The van der Waals surface area contributed by atoms with Crippen LogP contribution in [0.4, 0.5) is 11.4 Å². The third-order valence-electron chi connectivity index (χ3n) is 4.66. The number of amides is 1. The third kappa shape index (κ3) is 6.35. The fraction of sp³-hybridized carbons (Fsp3) is 0.381. The number of hydrogen-bond acceptors (Lipinski definition) is 5. The average molecular weight is 384 g/mol. The van der Waals surface area contributed by atoms with Gasteiger partial charge in [0.25, 0.3) is 5.69 Å². The number of nitrogens with zero attached hydrogens (tertiary/aromatic N) is 2. The lowest BCUT2D eigenvalue weighted by Gasteiger charge is -2.22. The van der Waals surface area contributed by atoms with Gasteiger partial charge in [0.2, 0.25) is 5.91 Å². The van der Waals surface area contributed by atoms with Gasteiger partial charge in [-0.25, -0.2) is 0 Å². The molecule has 0 bridgehead atoms. The standard InChI is InChI=1S/C21H28N4O3/c1-16(2)24(3)15-18-9-5-4-8-17(18)14-23-21(26)12-13-22-19-10-6-7-11-20(19)25(27)28/h4-11,16,22H,12-15H2,1-3H3,(H,23,26). The first-order valence-electron chi connectivity index (χ1n) is 9.39. The summed E-state index contributed by atoms with van der Waals surface area (Å²) in [6.07, 6.45) is 0.236. The predicted molar refractivity (Wildman–Crippen MR) is 111 cm³/mol. The van der Waals surface area contributed by atoms with Gasteiger partial charge in [0.05, 0.1) is 4.92 Å². The van der Waals surface area contributed by atoms with Gasteiger partial charge in [-0.05, 0) is 38.1 Å². The van der Waals surface area contributed by atoms with Crippen molar-refractivity contribution in [3.63, 3.8) is 0 Å². The maximum Gasteiger partial charge on any atom is 0.292 e. The first-order valence-corrected chi connectivity index (χ1v) is 9.39. The largest absolute Gasteiger partial charge is 0.379 e. The van der Waals surface area contributed by atoms with Gasteiger partial charge in [-0.2, -0.15) is 0 Å². The number of anilines is 1. The molecule has 0 aliphatic heterocycles. The molecule has 2 rings (SSSR count). The lowest BCUT2D eigenvalue weighted by molar-refractivity contribution is -0.384. The highest BCUT2D eigenvalue weighted by Crippen LogP contribution is 2.22. The molecule has 2 N–H and O–H groups in total. The number of rotatable bonds is 10. The zero-order chi connectivity index (χ0) is 20.5. The summed E-state index contributed by atoms with van der Waals surface area (Å²) in [4.78, 5) is 25.0. The molecule has 0 saturated carbocycles. The summed E-state index contributed by atoms with van der Waals surface area (Å²) in [5, 5.41) is 16.9. The molecule has 0 aromatic heterocycles. The molecule has 0 aliphatic carbocycles. The highest BCUT2D eigenvalue weighted by atomic mass is 16.6. The van der Waals surface area contributed by atoms with Crippen LogP contribution in [0.2, 0.25) is 0 Å². The quantitative estimate of drug-likeness (QED) is 0.483. The van der Waals surface area contributed by atoms with Crippen molar-refractivity contribution < 1.29 is 9.72 Å². The maximum absolute atomic E-state index is 12.2. The van der Waals surface area contributed by atoms with Crippen molar-refractivity contribution in [3.8, 4) is 0 Å². The molecular weight excluding hydrogens is 356 g/mol. The van der Waals surface area contributed by atoms with E-state index < -0.39 is 4.92 Å². The average Bonchev–Trinajstić information content (AvgIpc) is 2.67. The summed E-state index contributed by atoms with van der Waals surface area (Å²) in [6, 6.07) is 14.9. The first-order chi connectivity index (χ1) is 13.4. The Morgan fingerprint density at radius 1 is 1.11 bits per heavy atom. The van der Waals surface area contributed by atoms with E-state index in [1.54, 1.807) is 18.2 Å². The van der Waals surface area contributed by atoms with E-state index >= 15 is 0 Å². The van der Waals surface area contributed by atoms with Crippen LogP contribution >= 0.6 is 0 Å². The van der Waals surface area contributed by atoms with Gasteiger partial charge >= 0.3 is 0 Å². The molecule has 28 heavy (non-hydrogen) atoms.